The van der Waals surface area contributed by atoms with Gasteiger partial charge < -0.3 is 14.5 Å². The molecule has 36 heavy (non-hydrogen) atoms. The first-order valence-electron chi connectivity index (χ1n) is 12.5. The lowest BCUT2D eigenvalue weighted by molar-refractivity contribution is -0.384. The molecule has 0 bridgehead atoms. The highest BCUT2D eigenvalue weighted by Gasteiger charge is 2.27. The van der Waals surface area contributed by atoms with Crippen LogP contribution in [0.1, 0.15) is 71.5 Å². The van der Waals surface area contributed by atoms with Gasteiger partial charge in [-0.3, -0.25) is 14.9 Å². The number of methoxy groups -OCH3 is 1. The van der Waals surface area contributed by atoms with Gasteiger partial charge in [-0.2, -0.15) is 0 Å². The van der Waals surface area contributed by atoms with Crippen molar-refractivity contribution in [3.05, 3.63) is 62.2 Å². The van der Waals surface area contributed by atoms with Crippen LogP contribution in [0.2, 0.25) is 0 Å². The van der Waals surface area contributed by atoms with Gasteiger partial charge in [0.2, 0.25) is 0 Å². The summed E-state index contributed by atoms with van der Waals surface area (Å²) in [6.07, 6.45) is 11.4. The van der Waals surface area contributed by atoms with E-state index in [2.05, 4.69) is 5.32 Å². The Kier molecular flexibility index (Phi) is 7.18. The molecule has 2 aliphatic rings. The molecule has 1 saturated carbocycles. The van der Waals surface area contributed by atoms with Crippen molar-refractivity contribution in [1.29, 1.82) is 0 Å². The number of hydrogen-bond acceptors (Lipinski definition) is 7. The van der Waals surface area contributed by atoms with E-state index >= 15 is 0 Å². The molecule has 1 fully saturated rings. The van der Waals surface area contributed by atoms with Crippen molar-refractivity contribution in [2.75, 3.05) is 7.11 Å². The average molecular weight is 508 g/mol. The van der Waals surface area contributed by atoms with Crippen molar-refractivity contribution in [3.63, 3.8) is 0 Å². The van der Waals surface area contributed by atoms with Crippen molar-refractivity contribution in [1.82, 2.24) is 5.32 Å². The Balaban J connectivity index is 1.40. The molecule has 0 saturated heterocycles. The Hall–Kier alpha value is -3.46. The summed E-state index contributed by atoms with van der Waals surface area (Å²) in [5.41, 5.74) is 2.44. The molecule has 188 valence electrons. The SMILES string of the molecule is COc1cc([N+](=O)[O-])ccc1-c1ccc(/C=N\c2sc3c(c2C(=O)NC2CCCCC2)CCCC3)o1. The van der Waals surface area contributed by atoms with Gasteiger partial charge in [0.25, 0.3) is 11.6 Å². The number of hydrogen-bond donors (Lipinski definition) is 1. The number of non-ortho nitro benzene ring substituents is 1. The number of nitrogens with zero attached hydrogens (tertiary/aromatic N) is 2. The van der Waals surface area contributed by atoms with Gasteiger partial charge in [-0.1, -0.05) is 19.3 Å². The van der Waals surface area contributed by atoms with E-state index in [4.69, 9.17) is 14.1 Å². The maximum Gasteiger partial charge on any atom is 0.273 e. The highest BCUT2D eigenvalue weighted by Crippen LogP contribution is 2.40. The number of nitro benzene ring substituents is 1. The zero-order chi connectivity index (χ0) is 25.1. The van der Waals surface area contributed by atoms with Gasteiger partial charge in [-0.25, -0.2) is 4.99 Å². The maximum atomic E-state index is 13.3. The fourth-order valence-corrected chi connectivity index (χ4v) is 6.30. The molecule has 3 aromatic rings. The van der Waals surface area contributed by atoms with Gasteiger partial charge >= 0.3 is 0 Å². The Morgan fingerprint density at radius 1 is 1.17 bits per heavy atom. The van der Waals surface area contributed by atoms with Crippen LogP contribution in [0.25, 0.3) is 11.3 Å². The smallest absolute Gasteiger partial charge is 0.273 e. The van der Waals surface area contributed by atoms with Crippen LogP contribution in [0.15, 0.2) is 39.7 Å². The lowest BCUT2D eigenvalue weighted by atomic mass is 9.93. The normalized spacial score (nSPS) is 16.1. The van der Waals surface area contributed by atoms with Crippen LogP contribution < -0.4 is 10.1 Å². The highest BCUT2D eigenvalue weighted by molar-refractivity contribution is 7.16. The quantitative estimate of drug-likeness (QED) is 0.220. The third kappa shape index (κ3) is 5.06. The molecule has 9 heteroatoms. The minimum Gasteiger partial charge on any atom is -0.496 e. The standard InChI is InChI=1S/C27H29N3O5S/c1-34-23-15-18(30(32)33)11-13-20(23)22-14-12-19(35-22)16-28-27-25(21-9-5-6-10-24(21)36-27)26(31)29-17-7-3-2-4-8-17/h11-17H,2-10H2,1H3,(H,29,31)/b28-16-. The van der Waals surface area contributed by atoms with E-state index in [1.165, 1.54) is 30.5 Å². The van der Waals surface area contributed by atoms with E-state index in [1.807, 2.05) is 0 Å². The Labute approximate surface area is 213 Å². The van der Waals surface area contributed by atoms with E-state index in [9.17, 15) is 14.9 Å². The number of amides is 1. The second-order valence-electron chi connectivity index (χ2n) is 9.30. The van der Waals surface area contributed by atoms with Gasteiger partial charge in [0, 0.05) is 17.0 Å². The number of carbonyl (C=O) groups excluding carboxylic acids is 1. The molecule has 0 unspecified atom stereocenters. The summed E-state index contributed by atoms with van der Waals surface area (Å²) in [5, 5.41) is 15.1. The van der Waals surface area contributed by atoms with Crippen LogP contribution in [0.4, 0.5) is 10.7 Å². The van der Waals surface area contributed by atoms with Gasteiger partial charge in [0.1, 0.15) is 22.3 Å². The van der Waals surface area contributed by atoms with E-state index in [-0.39, 0.29) is 17.6 Å². The molecule has 0 radical (unpaired) electrons. The molecule has 0 spiro atoms. The number of rotatable bonds is 7. The lowest BCUT2D eigenvalue weighted by Crippen LogP contribution is -2.36. The van der Waals surface area contributed by atoms with Crippen LogP contribution in [0.5, 0.6) is 5.75 Å². The van der Waals surface area contributed by atoms with Crippen LogP contribution in [0, 0.1) is 10.1 Å². The van der Waals surface area contributed by atoms with Crippen molar-refractivity contribution in [2.24, 2.45) is 4.99 Å². The van der Waals surface area contributed by atoms with E-state index in [0.717, 1.165) is 67.5 Å². The summed E-state index contributed by atoms with van der Waals surface area (Å²) in [5.74, 6) is 1.39. The minimum absolute atomic E-state index is 0.01000. The van der Waals surface area contributed by atoms with Crippen LogP contribution >= 0.6 is 11.3 Å². The van der Waals surface area contributed by atoms with E-state index in [0.29, 0.717) is 22.8 Å². The number of furan rings is 1. The number of benzene rings is 1. The summed E-state index contributed by atoms with van der Waals surface area (Å²) < 4.78 is 11.3. The Bertz CT molecular complexity index is 1300. The predicted molar refractivity (Wildman–Crippen MR) is 140 cm³/mol. The Morgan fingerprint density at radius 3 is 2.75 bits per heavy atom. The average Bonchev–Trinajstić information content (AvgIpc) is 3.52. The third-order valence-corrected chi connectivity index (χ3v) is 8.12. The second-order valence-corrected chi connectivity index (χ2v) is 10.4. The molecular weight excluding hydrogens is 478 g/mol. The van der Waals surface area contributed by atoms with Gasteiger partial charge in [-0.05, 0) is 62.3 Å². The number of aliphatic imine (C=N–C) groups is 1. The van der Waals surface area contributed by atoms with Crippen molar-refractivity contribution >= 4 is 34.1 Å². The summed E-state index contributed by atoms with van der Waals surface area (Å²) in [6, 6.07) is 8.21. The number of carbonyl (C=O) groups is 1. The number of ether oxygens (including phenoxy) is 1. The fraction of sp³-hybridized carbons (Fsp3) is 0.407. The second kappa shape index (κ2) is 10.7. The molecule has 2 heterocycles. The van der Waals surface area contributed by atoms with Crippen LogP contribution in [-0.2, 0) is 12.8 Å². The fourth-order valence-electron chi connectivity index (χ4n) is 5.07. The zero-order valence-corrected chi connectivity index (χ0v) is 21.1. The van der Waals surface area contributed by atoms with Crippen molar-refractivity contribution in [2.45, 2.75) is 63.8 Å². The van der Waals surface area contributed by atoms with Crippen molar-refractivity contribution in [3.8, 4) is 17.1 Å². The number of thiophene rings is 1. The van der Waals surface area contributed by atoms with Gasteiger partial charge in [0.15, 0.2) is 0 Å². The van der Waals surface area contributed by atoms with E-state index < -0.39 is 4.92 Å². The largest absolute Gasteiger partial charge is 0.496 e. The van der Waals surface area contributed by atoms with Crippen LogP contribution in [0.3, 0.4) is 0 Å². The summed E-state index contributed by atoms with van der Waals surface area (Å²) in [6.45, 7) is 0. The first-order valence-corrected chi connectivity index (χ1v) is 13.3. The molecular formula is C27H29N3O5S. The molecule has 5 rings (SSSR count). The zero-order valence-electron chi connectivity index (χ0n) is 20.2. The summed E-state index contributed by atoms with van der Waals surface area (Å²) in [4.78, 5) is 29.9. The number of nitro groups is 1. The molecule has 1 aromatic carbocycles. The first kappa shape index (κ1) is 24.2. The maximum absolute atomic E-state index is 13.3. The number of nitrogens with one attached hydrogen (secondary N) is 1. The first-order chi connectivity index (χ1) is 17.5. The summed E-state index contributed by atoms with van der Waals surface area (Å²) in [7, 11) is 1.46. The van der Waals surface area contributed by atoms with Gasteiger partial charge in [-0.15, -0.1) is 11.3 Å². The highest BCUT2D eigenvalue weighted by atomic mass is 32.1. The molecule has 1 amide bonds. The topological polar surface area (TPSA) is 107 Å². The molecule has 2 aliphatic carbocycles. The van der Waals surface area contributed by atoms with Crippen LogP contribution in [-0.4, -0.2) is 30.2 Å². The number of fused-ring (bicyclic) bond motifs is 1. The van der Waals surface area contributed by atoms with Gasteiger partial charge in [0.05, 0.1) is 35.4 Å². The molecule has 8 nitrogen and oxygen atoms in total. The van der Waals surface area contributed by atoms with Crippen molar-refractivity contribution < 1.29 is 18.9 Å². The molecule has 2 aromatic heterocycles. The third-order valence-electron chi connectivity index (χ3n) is 6.92. The monoisotopic (exact) mass is 507 g/mol. The molecule has 0 atom stereocenters. The molecule has 0 aliphatic heterocycles. The minimum atomic E-state index is -0.463. The number of aryl methyl sites for hydroxylation is 1. The summed E-state index contributed by atoms with van der Waals surface area (Å²) >= 11 is 1.60. The predicted octanol–water partition coefficient (Wildman–Crippen LogP) is 6.62. The van der Waals surface area contributed by atoms with E-state index in [1.54, 1.807) is 35.8 Å². The Morgan fingerprint density at radius 2 is 1.97 bits per heavy atom. The lowest BCUT2D eigenvalue weighted by Gasteiger charge is -2.23. The molecule has 1 N–H and O–H groups in total.